The highest BCUT2D eigenvalue weighted by molar-refractivity contribution is 5.77. The normalized spacial score (nSPS) is 10.5. The van der Waals surface area contributed by atoms with Crippen molar-refractivity contribution < 1.29 is 0 Å². The molecule has 0 saturated carbocycles. The van der Waals surface area contributed by atoms with Crippen LogP contribution in [-0.4, -0.2) is 17.0 Å². The first-order chi connectivity index (χ1) is 6.40. The largest absolute Gasteiger partial charge is 0.313 e. The van der Waals surface area contributed by atoms with Crippen LogP contribution in [0.5, 0.6) is 0 Å². The fourth-order valence-electron chi connectivity index (χ4n) is 1.25. The molecule has 13 heavy (non-hydrogen) atoms. The van der Waals surface area contributed by atoms with E-state index in [9.17, 15) is 0 Å². The lowest BCUT2D eigenvalue weighted by atomic mass is 10.2. The van der Waals surface area contributed by atoms with Crippen molar-refractivity contribution >= 4 is 10.9 Å². The monoisotopic (exact) mass is 173 g/mol. The van der Waals surface area contributed by atoms with Crippen molar-refractivity contribution in [3.8, 4) is 0 Å². The number of fused-ring (bicyclic) bond motifs is 1. The first-order valence-corrected chi connectivity index (χ1v) is 4.25. The number of para-hydroxylation sites is 1. The summed E-state index contributed by atoms with van der Waals surface area (Å²) in [6.07, 6.45) is 1.86. The lowest BCUT2D eigenvalue weighted by Crippen LogP contribution is -2.08. The molecular formula is C10H11N3. The zero-order chi connectivity index (χ0) is 9.10. The molecule has 0 amide bonds. The fourth-order valence-corrected chi connectivity index (χ4v) is 1.25. The topological polar surface area (TPSA) is 37.8 Å². The molecule has 3 nitrogen and oxygen atoms in total. The predicted molar refractivity (Wildman–Crippen MR) is 52.3 cm³/mol. The van der Waals surface area contributed by atoms with Crippen molar-refractivity contribution in [2.75, 3.05) is 7.05 Å². The van der Waals surface area contributed by atoms with Crippen LogP contribution in [-0.2, 0) is 6.54 Å². The van der Waals surface area contributed by atoms with Crippen molar-refractivity contribution in [3.63, 3.8) is 0 Å². The van der Waals surface area contributed by atoms with Gasteiger partial charge < -0.3 is 5.32 Å². The van der Waals surface area contributed by atoms with Gasteiger partial charge in [0.05, 0.1) is 12.1 Å². The lowest BCUT2D eigenvalue weighted by Gasteiger charge is -2.00. The van der Waals surface area contributed by atoms with Gasteiger partial charge in [-0.15, -0.1) is 0 Å². The van der Waals surface area contributed by atoms with Gasteiger partial charge in [0.15, 0.2) is 0 Å². The molecule has 0 atom stereocenters. The average Bonchev–Trinajstić information content (AvgIpc) is 2.18. The summed E-state index contributed by atoms with van der Waals surface area (Å²) in [5.41, 5.74) is 1.00. The zero-order valence-electron chi connectivity index (χ0n) is 7.49. The SMILES string of the molecule is CNCc1ncc2ccccc2n1. The molecule has 0 bridgehead atoms. The van der Waals surface area contributed by atoms with Crippen LogP contribution in [0.1, 0.15) is 5.82 Å². The maximum Gasteiger partial charge on any atom is 0.142 e. The van der Waals surface area contributed by atoms with E-state index in [2.05, 4.69) is 15.3 Å². The minimum absolute atomic E-state index is 0.713. The molecule has 1 aromatic heterocycles. The molecule has 0 aliphatic heterocycles. The van der Waals surface area contributed by atoms with Crippen LogP contribution < -0.4 is 5.32 Å². The number of nitrogens with zero attached hydrogens (tertiary/aromatic N) is 2. The Morgan fingerprint density at radius 2 is 2.15 bits per heavy atom. The molecule has 1 aromatic carbocycles. The second kappa shape index (κ2) is 3.49. The Labute approximate surface area is 76.8 Å². The summed E-state index contributed by atoms with van der Waals surface area (Å²) in [4.78, 5) is 8.61. The maximum atomic E-state index is 4.39. The van der Waals surface area contributed by atoms with Gasteiger partial charge in [0.25, 0.3) is 0 Å². The predicted octanol–water partition coefficient (Wildman–Crippen LogP) is 1.35. The van der Waals surface area contributed by atoms with Gasteiger partial charge in [-0.1, -0.05) is 18.2 Å². The van der Waals surface area contributed by atoms with E-state index in [0.29, 0.717) is 6.54 Å². The van der Waals surface area contributed by atoms with Crippen molar-refractivity contribution in [1.29, 1.82) is 0 Å². The molecule has 3 heteroatoms. The van der Waals surface area contributed by atoms with E-state index in [1.54, 1.807) is 0 Å². The minimum Gasteiger partial charge on any atom is -0.313 e. The summed E-state index contributed by atoms with van der Waals surface area (Å²) in [6.45, 7) is 0.713. The molecular weight excluding hydrogens is 162 g/mol. The van der Waals surface area contributed by atoms with E-state index >= 15 is 0 Å². The molecule has 0 saturated heterocycles. The third-order valence-electron chi connectivity index (χ3n) is 1.87. The molecule has 66 valence electrons. The summed E-state index contributed by atoms with van der Waals surface area (Å²) >= 11 is 0. The van der Waals surface area contributed by atoms with E-state index in [-0.39, 0.29) is 0 Å². The molecule has 0 spiro atoms. The summed E-state index contributed by atoms with van der Waals surface area (Å²) in [5, 5.41) is 4.11. The van der Waals surface area contributed by atoms with Crippen LogP contribution in [0.25, 0.3) is 10.9 Å². The summed E-state index contributed by atoms with van der Waals surface area (Å²) in [5.74, 6) is 0.834. The van der Waals surface area contributed by atoms with Gasteiger partial charge in [0.2, 0.25) is 0 Å². The molecule has 1 heterocycles. The third-order valence-corrected chi connectivity index (χ3v) is 1.87. The van der Waals surface area contributed by atoms with E-state index in [4.69, 9.17) is 0 Å². The third kappa shape index (κ3) is 1.65. The van der Waals surface area contributed by atoms with Crippen LogP contribution in [0.15, 0.2) is 30.5 Å². The van der Waals surface area contributed by atoms with Gasteiger partial charge in [-0.05, 0) is 13.1 Å². The Morgan fingerprint density at radius 3 is 3.00 bits per heavy atom. The van der Waals surface area contributed by atoms with Gasteiger partial charge in [-0.3, -0.25) is 0 Å². The standard InChI is InChI=1S/C10H11N3/c1-11-7-10-12-6-8-4-2-3-5-9(8)13-10/h2-6,11H,7H2,1H3. The van der Waals surface area contributed by atoms with Gasteiger partial charge in [-0.2, -0.15) is 0 Å². The number of hydrogen-bond donors (Lipinski definition) is 1. The highest BCUT2D eigenvalue weighted by Gasteiger charge is 1.96. The summed E-state index contributed by atoms with van der Waals surface area (Å²) < 4.78 is 0. The second-order valence-electron chi connectivity index (χ2n) is 2.88. The number of aromatic nitrogens is 2. The zero-order valence-corrected chi connectivity index (χ0v) is 7.49. The number of hydrogen-bond acceptors (Lipinski definition) is 3. The Kier molecular flexibility index (Phi) is 2.19. The smallest absolute Gasteiger partial charge is 0.142 e. The lowest BCUT2D eigenvalue weighted by molar-refractivity contribution is 0.764. The Balaban J connectivity index is 2.49. The number of rotatable bonds is 2. The maximum absolute atomic E-state index is 4.39. The molecule has 0 aliphatic rings. The van der Waals surface area contributed by atoms with E-state index < -0.39 is 0 Å². The second-order valence-corrected chi connectivity index (χ2v) is 2.88. The van der Waals surface area contributed by atoms with Gasteiger partial charge in [-0.25, -0.2) is 9.97 Å². The fraction of sp³-hybridized carbons (Fsp3) is 0.200. The quantitative estimate of drug-likeness (QED) is 0.745. The van der Waals surface area contributed by atoms with Crippen molar-refractivity contribution in [2.45, 2.75) is 6.54 Å². The molecule has 0 radical (unpaired) electrons. The summed E-state index contributed by atoms with van der Waals surface area (Å²) in [7, 11) is 1.89. The Morgan fingerprint density at radius 1 is 1.31 bits per heavy atom. The number of nitrogens with one attached hydrogen (secondary N) is 1. The first-order valence-electron chi connectivity index (χ1n) is 4.25. The molecule has 2 rings (SSSR count). The molecule has 0 aliphatic carbocycles. The molecule has 0 fully saturated rings. The van der Waals surface area contributed by atoms with Crippen molar-refractivity contribution in [3.05, 3.63) is 36.3 Å². The molecule has 2 aromatic rings. The minimum atomic E-state index is 0.713. The average molecular weight is 173 g/mol. The first kappa shape index (κ1) is 8.13. The van der Waals surface area contributed by atoms with Crippen LogP contribution in [0, 0.1) is 0 Å². The van der Waals surface area contributed by atoms with Gasteiger partial charge in [0.1, 0.15) is 5.82 Å². The molecule has 0 unspecified atom stereocenters. The van der Waals surface area contributed by atoms with Crippen molar-refractivity contribution in [1.82, 2.24) is 15.3 Å². The van der Waals surface area contributed by atoms with E-state index in [0.717, 1.165) is 16.7 Å². The van der Waals surface area contributed by atoms with Crippen LogP contribution >= 0.6 is 0 Å². The highest BCUT2D eigenvalue weighted by atomic mass is 14.9. The Bertz CT molecular complexity index is 412. The number of benzene rings is 1. The van der Waals surface area contributed by atoms with Crippen LogP contribution in [0.4, 0.5) is 0 Å². The van der Waals surface area contributed by atoms with Crippen LogP contribution in [0.3, 0.4) is 0 Å². The summed E-state index contributed by atoms with van der Waals surface area (Å²) in [6, 6.07) is 7.98. The Hall–Kier alpha value is -1.48. The van der Waals surface area contributed by atoms with Gasteiger partial charge in [0, 0.05) is 11.6 Å². The van der Waals surface area contributed by atoms with Crippen LogP contribution in [0.2, 0.25) is 0 Å². The van der Waals surface area contributed by atoms with Gasteiger partial charge >= 0.3 is 0 Å². The highest BCUT2D eigenvalue weighted by Crippen LogP contribution is 2.08. The molecule has 1 N–H and O–H groups in total. The van der Waals surface area contributed by atoms with E-state index in [1.165, 1.54) is 0 Å². The van der Waals surface area contributed by atoms with E-state index in [1.807, 2.05) is 37.5 Å². The van der Waals surface area contributed by atoms with Crippen molar-refractivity contribution in [2.24, 2.45) is 0 Å².